The van der Waals surface area contributed by atoms with Gasteiger partial charge in [-0.05, 0) is 80.5 Å². The summed E-state index contributed by atoms with van der Waals surface area (Å²) in [7, 11) is 0. The Kier molecular flexibility index (Phi) is 12.9. The maximum atomic E-state index is 4.31. The van der Waals surface area contributed by atoms with Crippen molar-refractivity contribution in [3.8, 4) is 0 Å². The summed E-state index contributed by atoms with van der Waals surface area (Å²) in [4.78, 5) is 1.00. The Morgan fingerprint density at radius 3 is 1.81 bits per heavy atom. The van der Waals surface area contributed by atoms with E-state index in [0.29, 0.717) is 0 Å². The van der Waals surface area contributed by atoms with Gasteiger partial charge in [-0.2, -0.15) is 0 Å². The topological polar surface area (TPSA) is 0 Å². The Hall–Kier alpha value is -2.77. The molecule has 0 saturated carbocycles. The third-order valence-corrected chi connectivity index (χ3v) is 4.90. The molecule has 0 heterocycles. The molecule has 0 unspecified atom stereocenters. The zero-order chi connectivity index (χ0) is 23.9. The molecule has 0 amide bonds. The predicted octanol–water partition coefficient (Wildman–Crippen LogP) is 9.38. The van der Waals surface area contributed by atoms with Crippen LogP contribution in [0, 0.1) is 0 Å². The van der Waals surface area contributed by atoms with Gasteiger partial charge in [0.25, 0.3) is 0 Å². The monoisotopic (exact) mass is 442 g/mol. The average Bonchev–Trinajstić information content (AvgIpc) is 2.76. The van der Waals surface area contributed by atoms with Crippen LogP contribution in [-0.4, -0.2) is 0 Å². The first-order chi connectivity index (χ1) is 15.2. The van der Waals surface area contributed by atoms with Crippen molar-refractivity contribution in [2.24, 2.45) is 0 Å². The molecule has 0 atom stereocenters. The van der Waals surface area contributed by atoms with Crippen LogP contribution >= 0.6 is 12.6 Å². The molecule has 0 aromatic heterocycles. The van der Waals surface area contributed by atoms with Crippen molar-refractivity contribution in [3.63, 3.8) is 0 Å². The van der Waals surface area contributed by atoms with Crippen LogP contribution in [0.25, 0.3) is 6.08 Å². The van der Waals surface area contributed by atoms with Crippen LogP contribution in [-0.2, 0) is 12.8 Å². The Bertz CT molecular complexity index is 988. The van der Waals surface area contributed by atoms with Crippen LogP contribution in [0.2, 0.25) is 0 Å². The molecular formula is C31H38S. The fourth-order valence-electron chi connectivity index (χ4n) is 2.73. The van der Waals surface area contributed by atoms with Gasteiger partial charge in [-0.15, -0.1) is 19.2 Å². The number of allylic oxidation sites excluding steroid dienone is 3. The van der Waals surface area contributed by atoms with Crippen LogP contribution in [0.15, 0.2) is 114 Å². The quantitative estimate of drug-likeness (QED) is 0.227. The molecule has 3 aromatic carbocycles. The van der Waals surface area contributed by atoms with E-state index >= 15 is 0 Å². The maximum absolute atomic E-state index is 4.31. The Morgan fingerprint density at radius 1 is 0.750 bits per heavy atom. The van der Waals surface area contributed by atoms with Gasteiger partial charge in [0.1, 0.15) is 0 Å². The zero-order valence-electron chi connectivity index (χ0n) is 20.4. The number of aryl methyl sites for hydroxylation is 1. The van der Waals surface area contributed by atoms with E-state index in [4.69, 9.17) is 0 Å². The van der Waals surface area contributed by atoms with Crippen LogP contribution in [0.5, 0.6) is 0 Å². The summed E-state index contributed by atoms with van der Waals surface area (Å²) >= 11 is 4.31. The normalized spacial score (nSPS) is 10.2. The van der Waals surface area contributed by atoms with Crippen molar-refractivity contribution in [1.82, 2.24) is 0 Å². The zero-order valence-corrected chi connectivity index (χ0v) is 21.3. The van der Waals surface area contributed by atoms with Gasteiger partial charge in [-0.1, -0.05) is 97.5 Å². The lowest BCUT2D eigenvalue weighted by Gasteiger charge is -2.05. The van der Waals surface area contributed by atoms with Crippen LogP contribution < -0.4 is 0 Å². The molecule has 1 heteroatoms. The molecular weight excluding hydrogens is 404 g/mol. The van der Waals surface area contributed by atoms with Crippen molar-refractivity contribution in [3.05, 3.63) is 131 Å². The van der Waals surface area contributed by atoms with E-state index < -0.39 is 0 Å². The molecule has 0 saturated heterocycles. The molecule has 0 aliphatic heterocycles. The molecule has 0 radical (unpaired) electrons. The summed E-state index contributed by atoms with van der Waals surface area (Å²) in [5, 5.41) is 0. The Balaban J connectivity index is 0.000000350. The maximum Gasteiger partial charge on any atom is 0.00401 e. The summed E-state index contributed by atoms with van der Waals surface area (Å²) < 4.78 is 0. The van der Waals surface area contributed by atoms with Crippen molar-refractivity contribution < 1.29 is 0 Å². The minimum absolute atomic E-state index is 0.946. The van der Waals surface area contributed by atoms with E-state index in [1.54, 1.807) is 0 Å². The van der Waals surface area contributed by atoms with Gasteiger partial charge < -0.3 is 0 Å². The second kappa shape index (κ2) is 15.1. The van der Waals surface area contributed by atoms with Crippen molar-refractivity contribution in [1.29, 1.82) is 0 Å². The lowest BCUT2D eigenvalue weighted by molar-refractivity contribution is 1.14. The summed E-state index contributed by atoms with van der Waals surface area (Å²) in [6.07, 6.45) is 4.27. The lowest BCUT2D eigenvalue weighted by atomic mass is 10.0. The summed E-state index contributed by atoms with van der Waals surface area (Å²) in [6, 6.07) is 27.4. The predicted molar refractivity (Wildman–Crippen MR) is 148 cm³/mol. The van der Waals surface area contributed by atoms with E-state index in [-0.39, 0.29) is 0 Å². The molecule has 0 spiro atoms. The molecule has 168 valence electrons. The number of benzene rings is 3. The number of rotatable bonds is 5. The molecule has 0 bridgehead atoms. The lowest BCUT2D eigenvalue weighted by Crippen LogP contribution is -1.89. The first-order valence-electron chi connectivity index (χ1n) is 11.1. The minimum atomic E-state index is 0.946. The summed E-state index contributed by atoms with van der Waals surface area (Å²) in [5.41, 5.74) is 8.77. The molecule has 0 fully saturated rings. The molecule has 0 aliphatic carbocycles. The highest BCUT2D eigenvalue weighted by Crippen LogP contribution is 2.17. The van der Waals surface area contributed by atoms with E-state index in [9.17, 15) is 0 Å². The average molecular weight is 443 g/mol. The third-order valence-electron chi connectivity index (χ3n) is 4.60. The standard InChI is InChI=1S/C19H20S.C8H10.C4H8/c1-14(2)15(3)11-17-5-4-6-18(13-17)12-16-7-9-19(20)10-8-16;1-2-8-6-4-3-5-7-8;1-4(2)3/h4-11,13,20H,1,12H2,2-3H3;3-7H,2H2,1H3;1H2,2-3H3/b15-11+;;. The number of hydrogen-bond donors (Lipinski definition) is 1. The van der Waals surface area contributed by atoms with E-state index in [2.05, 4.69) is 106 Å². The highest BCUT2D eigenvalue weighted by molar-refractivity contribution is 7.80. The van der Waals surface area contributed by atoms with E-state index in [0.717, 1.165) is 23.3 Å². The van der Waals surface area contributed by atoms with Gasteiger partial charge >= 0.3 is 0 Å². The fourth-order valence-corrected chi connectivity index (χ4v) is 2.88. The van der Waals surface area contributed by atoms with Crippen LogP contribution in [0.3, 0.4) is 0 Å². The third kappa shape index (κ3) is 12.2. The van der Waals surface area contributed by atoms with Gasteiger partial charge in [0.05, 0.1) is 0 Å². The minimum Gasteiger partial charge on any atom is -0.143 e. The van der Waals surface area contributed by atoms with Gasteiger partial charge in [-0.3, -0.25) is 0 Å². The molecule has 0 nitrogen and oxygen atoms in total. The summed E-state index contributed by atoms with van der Waals surface area (Å²) in [5.74, 6) is 0. The van der Waals surface area contributed by atoms with Gasteiger partial charge in [0.2, 0.25) is 0 Å². The second-order valence-corrected chi connectivity index (χ2v) is 8.76. The fraction of sp³-hybridized carbons (Fsp3) is 0.226. The van der Waals surface area contributed by atoms with Crippen LogP contribution in [0.1, 0.15) is 56.9 Å². The first kappa shape index (κ1) is 27.3. The molecule has 3 rings (SSSR count). The van der Waals surface area contributed by atoms with Crippen molar-refractivity contribution >= 4 is 18.7 Å². The molecule has 3 aromatic rings. The molecule has 32 heavy (non-hydrogen) atoms. The number of thiol groups is 1. The molecule has 0 N–H and O–H groups in total. The van der Waals surface area contributed by atoms with Crippen molar-refractivity contribution in [2.75, 3.05) is 0 Å². The smallest absolute Gasteiger partial charge is 0.00401 e. The first-order valence-corrected chi connectivity index (χ1v) is 11.5. The highest BCUT2D eigenvalue weighted by Gasteiger charge is 1.98. The van der Waals surface area contributed by atoms with E-state index in [1.807, 2.05) is 39.0 Å². The Morgan fingerprint density at radius 2 is 1.31 bits per heavy atom. The van der Waals surface area contributed by atoms with Gasteiger partial charge in [0, 0.05) is 4.90 Å². The second-order valence-electron chi connectivity index (χ2n) is 8.24. The van der Waals surface area contributed by atoms with E-state index in [1.165, 1.54) is 33.4 Å². The highest BCUT2D eigenvalue weighted by atomic mass is 32.1. The van der Waals surface area contributed by atoms with Gasteiger partial charge in [0.15, 0.2) is 0 Å². The van der Waals surface area contributed by atoms with Crippen molar-refractivity contribution in [2.45, 2.75) is 52.4 Å². The van der Waals surface area contributed by atoms with Gasteiger partial charge in [-0.25, -0.2) is 0 Å². The Labute approximate surface area is 201 Å². The SMILES string of the molecule is C=C(C)/C(C)=C/c1cccc(Cc2ccc(S)cc2)c1.C=C(C)C.CCc1ccccc1. The molecule has 0 aliphatic rings. The number of hydrogen-bond acceptors (Lipinski definition) is 1. The largest absolute Gasteiger partial charge is 0.143 e. The summed E-state index contributed by atoms with van der Waals surface area (Å²) in [6.45, 7) is 17.8. The van der Waals surface area contributed by atoms with Crippen LogP contribution in [0.4, 0.5) is 0 Å².